The summed E-state index contributed by atoms with van der Waals surface area (Å²) < 4.78 is 32.1. The molecular weight excluding hydrogens is 313 g/mol. The number of aromatic nitrogens is 2. The highest BCUT2D eigenvalue weighted by molar-refractivity contribution is 6.36. The van der Waals surface area contributed by atoms with Crippen LogP contribution in [0.5, 0.6) is 17.4 Å². The lowest BCUT2D eigenvalue weighted by molar-refractivity contribution is 0.144. The summed E-state index contributed by atoms with van der Waals surface area (Å²) in [6.45, 7) is 1.47. The second-order valence-electron chi connectivity index (χ2n) is 4.08. The lowest BCUT2D eigenvalue weighted by atomic mass is 10.2. The Morgan fingerprint density at radius 2 is 1.95 bits per heavy atom. The average molecular weight is 323 g/mol. The maximum absolute atomic E-state index is 12.7. The van der Waals surface area contributed by atoms with E-state index in [1.54, 1.807) is 0 Å². The molecule has 0 atom stereocenters. The van der Waals surface area contributed by atoms with Gasteiger partial charge in [0.25, 0.3) is 6.43 Å². The van der Waals surface area contributed by atoms with Crippen LogP contribution in [0.1, 0.15) is 17.7 Å². The Kier molecular flexibility index (Phi) is 4.06. The minimum absolute atomic E-state index is 0.0670. The number of aromatic hydroxyl groups is 1. The normalized spacial score (nSPS) is 11.2. The van der Waals surface area contributed by atoms with E-state index in [1.807, 2.05) is 0 Å². The number of halogens is 4. The van der Waals surface area contributed by atoms with Gasteiger partial charge in [0.1, 0.15) is 11.4 Å². The molecule has 0 amide bonds. The predicted molar refractivity (Wildman–Crippen MR) is 71.1 cm³/mol. The third-order valence-corrected chi connectivity index (χ3v) is 3.27. The summed E-state index contributed by atoms with van der Waals surface area (Å²) in [6.07, 6.45) is -2.70. The van der Waals surface area contributed by atoms with Crippen LogP contribution >= 0.6 is 23.2 Å². The number of hydrogen-bond acceptors (Lipinski definition) is 3. The molecule has 108 valence electrons. The summed E-state index contributed by atoms with van der Waals surface area (Å²) in [5.74, 6) is -0.00984. The Hall–Kier alpha value is -1.53. The van der Waals surface area contributed by atoms with Gasteiger partial charge in [-0.1, -0.05) is 23.2 Å². The van der Waals surface area contributed by atoms with Gasteiger partial charge in [0.05, 0.1) is 10.0 Å². The molecule has 1 aromatic heterocycles. The van der Waals surface area contributed by atoms with Crippen LogP contribution in [0.2, 0.25) is 10.0 Å². The van der Waals surface area contributed by atoms with Crippen molar-refractivity contribution in [1.82, 2.24) is 9.78 Å². The van der Waals surface area contributed by atoms with Crippen LogP contribution in [0.25, 0.3) is 0 Å². The van der Waals surface area contributed by atoms with Crippen LogP contribution in [0, 0.1) is 6.92 Å². The lowest BCUT2D eigenvalue weighted by Gasteiger charge is -2.09. The highest BCUT2D eigenvalue weighted by atomic mass is 35.5. The zero-order valence-corrected chi connectivity index (χ0v) is 12.0. The molecule has 0 saturated heterocycles. The van der Waals surface area contributed by atoms with Crippen molar-refractivity contribution >= 4 is 23.2 Å². The number of benzene rings is 1. The SMILES string of the molecule is Cc1c(C(F)F)nn(C)c1Oc1cc(O)c(Cl)cc1Cl. The van der Waals surface area contributed by atoms with E-state index in [-0.39, 0.29) is 38.7 Å². The molecule has 8 heteroatoms. The summed E-state index contributed by atoms with van der Waals surface area (Å²) in [5, 5.41) is 13.4. The Balaban J connectivity index is 2.43. The standard InChI is InChI=1S/C12H10Cl2F2N2O2/c1-5-10(11(15)16)17-18(2)12(5)20-9-4-8(19)6(13)3-7(9)14/h3-4,11,19H,1-2H3. The second kappa shape index (κ2) is 5.46. The van der Waals surface area contributed by atoms with Crippen molar-refractivity contribution in [3.8, 4) is 17.4 Å². The van der Waals surface area contributed by atoms with E-state index in [4.69, 9.17) is 27.9 Å². The fourth-order valence-corrected chi connectivity index (χ4v) is 2.11. The lowest BCUT2D eigenvalue weighted by Crippen LogP contribution is -1.96. The molecule has 1 heterocycles. The molecule has 0 unspecified atom stereocenters. The third-order valence-electron chi connectivity index (χ3n) is 2.67. The molecule has 2 rings (SSSR count). The number of hydrogen-bond donors (Lipinski definition) is 1. The molecule has 0 aliphatic rings. The first-order chi connectivity index (χ1) is 9.31. The largest absolute Gasteiger partial charge is 0.506 e. The smallest absolute Gasteiger partial charge is 0.282 e. The number of phenolic OH excluding ortho intramolecular Hbond substituents is 1. The molecule has 0 aliphatic carbocycles. The summed E-state index contributed by atoms with van der Waals surface area (Å²) in [6, 6.07) is 2.51. The molecule has 0 fully saturated rings. The van der Waals surface area contributed by atoms with Gasteiger partial charge in [0.2, 0.25) is 5.88 Å². The monoisotopic (exact) mass is 322 g/mol. The quantitative estimate of drug-likeness (QED) is 0.906. The summed E-state index contributed by atoms with van der Waals surface area (Å²) >= 11 is 11.6. The van der Waals surface area contributed by atoms with Gasteiger partial charge in [-0.25, -0.2) is 13.5 Å². The number of ether oxygens (including phenoxy) is 1. The topological polar surface area (TPSA) is 47.3 Å². The number of alkyl halides is 2. The van der Waals surface area contributed by atoms with E-state index in [2.05, 4.69) is 5.10 Å². The molecule has 0 radical (unpaired) electrons. The van der Waals surface area contributed by atoms with Crippen LogP contribution in [-0.4, -0.2) is 14.9 Å². The zero-order chi connectivity index (χ0) is 15.0. The minimum Gasteiger partial charge on any atom is -0.506 e. The molecule has 4 nitrogen and oxygen atoms in total. The van der Waals surface area contributed by atoms with E-state index in [9.17, 15) is 13.9 Å². The molecule has 0 saturated carbocycles. The highest BCUT2D eigenvalue weighted by Crippen LogP contribution is 2.39. The van der Waals surface area contributed by atoms with Crippen LogP contribution < -0.4 is 4.74 Å². The van der Waals surface area contributed by atoms with Crippen molar-refractivity contribution in [2.45, 2.75) is 13.3 Å². The molecule has 2 aromatic rings. The number of nitrogens with zero attached hydrogens (tertiary/aromatic N) is 2. The molecule has 1 aromatic carbocycles. The van der Waals surface area contributed by atoms with Crippen molar-refractivity contribution in [2.75, 3.05) is 0 Å². The summed E-state index contributed by atoms with van der Waals surface area (Å²) in [4.78, 5) is 0. The van der Waals surface area contributed by atoms with E-state index < -0.39 is 6.43 Å². The molecule has 1 N–H and O–H groups in total. The van der Waals surface area contributed by atoms with Crippen LogP contribution in [0.15, 0.2) is 12.1 Å². The molecule has 0 bridgehead atoms. The molecular formula is C12H10Cl2F2N2O2. The van der Waals surface area contributed by atoms with Gasteiger partial charge in [0.15, 0.2) is 5.75 Å². The molecule has 0 spiro atoms. The van der Waals surface area contributed by atoms with E-state index in [1.165, 1.54) is 30.8 Å². The Morgan fingerprint density at radius 1 is 1.30 bits per heavy atom. The maximum atomic E-state index is 12.7. The first kappa shape index (κ1) is 14.9. The Bertz CT molecular complexity index is 659. The first-order valence-electron chi connectivity index (χ1n) is 5.48. The fraction of sp³-hybridized carbons (Fsp3) is 0.250. The van der Waals surface area contributed by atoms with Gasteiger partial charge in [0, 0.05) is 18.7 Å². The van der Waals surface area contributed by atoms with Gasteiger partial charge in [-0.15, -0.1) is 0 Å². The van der Waals surface area contributed by atoms with Crippen molar-refractivity contribution in [2.24, 2.45) is 7.05 Å². The van der Waals surface area contributed by atoms with Gasteiger partial charge in [-0.05, 0) is 13.0 Å². The summed E-state index contributed by atoms with van der Waals surface area (Å²) in [7, 11) is 1.47. The van der Waals surface area contributed by atoms with Gasteiger partial charge in [-0.3, -0.25) is 0 Å². The second-order valence-corrected chi connectivity index (χ2v) is 4.89. The Labute approximate surface area is 123 Å². The van der Waals surface area contributed by atoms with Crippen LogP contribution in [0.4, 0.5) is 8.78 Å². The Morgan fingerprint density at radius 3 is 2.50 bits per heavy atom. The number of phenols is 1. The van der Waals surface area contributed by atoms with Gasteiger partial charge >= 0.3 is 0 Å². The predicted octanol–water partition coefficient (Wildman–Crippen LogP) is 4.47. The minimum atomic E-state index is -2.70. The third kappa shape index (κ3) is 2.66. The van der Waals surface area contributed by atoms with E-state index in [0.29, 0.717) is 0 Å². The first-order valence-corrected chi connectivity index (χ1v) is 6.24. The van der Waals surface area contributed by atoms with Crippen LogP contribution in [0.3, 0.4) is 0 Å². The summed E-state index contributed by atoms with van der Waals surface area (Å²) in [5.41, 5.74) is -0.162. The molecule has 20 heavy (non-hydrogen) atoms. The van der Waals surface area contributed by atoms with Crippen molar-refractivity contribution in [3.63, 3.8) is 0 Å². The van der Waals surface area contributed by atoms with E-state index >= 15 is 0 Å². The van der Waals surface area contributed by atoms with Gasteiger partial charge < -0.3 is 9.84 Å². The number of rotatable bonds is 3. The average Bonchev–Trinajstić information content (AvgIpc) is 2.63. The molecule has 0 aliphatic heterocycles. The number of aryl methyl sites for hydroxylation is 1. The van der Waals surface area contributed by atoms with Crippen molar-refractivity contribution in [3.05, 3.63) is 33.4 Å². The van der Waals surface area contributed by atoms with Gasteiger partial charge in [-0.2, -0.15) is 5.10 Å². The van der Waals surface area contributed by atoms with Crippen molar-refractivity contribution in [1.29, 1.82) is 0 Å². The maximum Gasteiger partial charge on any atom is 0.282 e. The zero-order valence-electron chi connectivity index (χ0n) is 10.5. The van der Waals surface area contributed by atoms with Crippen molar-refractivity contribution < 1.29 is 18.6 Å². The van der Waals surface area contributed by atoms with Crippen LogP contribution in [-0.2, 0) is 7.05 Å². The fourth-order valence-electron chi connectivity index (χ4n) is 1.68. The highest BCUT2D eigenvalue weighted by Gasteiger charge is 2.22. The van der Waals surface area contributed by atoms with E-state index in [0.717, 1.165) is 0 Å².